The van der Waals surface area contributed by atoms with E-state index in [9.17, 15) is 0 Å². The summed E-state index contributed by atoms with van der Waals surface area (Å²) >= 11 is 0. The standard InChI is InChI=1S/C45H36N2/c1-45(2)41-19-11-9-17-37(41)38-27-26-36(30-42(38)45)46(33-13-5-3-6-14-33)35-24-21-31(22-25-35)32-23-28-44-40(29-32)39-18-10-12-20-43(39)47(44)34-15-7-4-8-16-34/h3-30,38,42H,1-2H3. The molecule has 2 aliphatic rings. The van der Waals surface area contributed by atoms with Gasteiger partial charge < -0.3 is 9.47 Å². The molecule has 2 atom stereocenters. The van der Waals surface area contributed by atoms with E-state index in [-0.39, 0.29) is 5.41 Å². The summed E-state index contributed by atoms with van der Waals surface area (Å²) < 4.78 is 2.37. The molecule has 2 unspecified atom stereocenters. The quantitative estimate of drug-likeness (QED) is 0.190. The molecule has 6 aromatic carbocycles. The van der Waals surface area contributed by atoms with E-state index in [1.54, 1.807) is 0 Å². The van der Waals surface area contributed by atoms with Crippen LogP contribution in [0.15, 0.2) is 176 Å². The highest BCUT2D eigenvalue weighted by Gasteiger charge is 2.45. The van der Waals surface area contributed by atoms with E-state index >= 15 is 0 Å². The van der Waals surface area contributed by atoms with E-state index in [1.807, 2.05) is 0 Å². The van der Waals surface area contributed by atoms with Gasteiger partial charge in [0, 0.05) is 39.4 Å². The van der Waals surface area contributed by atoms with Crippen LogP contribution in [-0.4, -0.2) is 4.57 Å². The summed E-state index contributed by atoms with van der Waals surface area (Å²) in [7, 11) is 0. The predicted molar refractivity (Wildman–Crippen MR) is 198 cm³/mol. The van der Waals surface area contributed by atoms with Crippen molar-refractivity contribution in [3.8, 4) is 16.8 Å². The zero-order chi connectivity index (χ0) is 31.5. The smallest absolute Gasteiger partial charge is 0.0541 e. The molecule has 0 spiro atoms. The fourth-order valence-corrected chi connectivity index (χ4v) is 8.16. The third-order valence-corrected chi connectivity index (χ3v) is 10.5. The average Bonchev–Trinajstić information content (AvgIpc) is 3.58. The summed E-state index contributed by atoms with van der Waals surface area (Å²) in [5.74, 6) is 0.808. The second kappa shape index (κ2) is 10.7. The predicted octanol–water partition coefficient (Wildman–Crippen LogP) is 11.7. The molecule has 0 radical (unpaired) electrons. The number of nitrogens with zero attached hydrogens (tertiary/aromatic N) is 2. The van der Waals surface area contributed by atoms with E-state index in [4.69, 9.17) is 0 Å². The molecule has 0 fully saturated rings. The van der Waals surface area contributed by atoms with Crippen molar-refractivity contribution in [1.82, 2.24) is 4.57 Å². The Hall–Kier alpha value is -5.60. The van der Waals surface area contributed by atoms with Crippen molar-refractivity contribution < 1.29 is 0 Å². The van der Waals surface area contributed by atoms with Gasteiger partial charge in [-0.1, -0.05) is 123 Å². The van der Waals surface area contributed by atoms with E-state index in [2.05, 4.69) is 193 Å². The molecule has 7 aromatic rings. The monoisotopic (exact) mass is 604 g/mol. The number of aromatic nitrogens is 1. The highest BCUT2D eigenvalue weighted by atomic mass is 15.1. The Balaban J connectivity index is 1.11. The molecule has 0 N–H and O–H groups in total. The first-order valence-corrected chi connectivity index (χ1v) is 16.6. The number of para-hydroxylation sites is 3. The van der Waals surface area contributed by atoms with E-state index < -0.39 is 0 Å². The lowest BCUT2D eigenvalue weighted by molar-refractivity contribution is 0.392. The third-order valence-electron chi connectivity index (χ3n) is 10.5. The number of allylic oxidation sites excluding steroid dienone is 3. The number of benzene rings is 6. The summed E-state index contributed by atoms with van der Waals surface area (Å²) in [6.07, 6.45) is 7.28. The maximum absolute atomic E-state index is 2.52. The zero-order valence-corrected chi connectivity index (χ0v) is 26.7. The Kier molecular flexibility index (Phi) is 6.33. The lowest BCUT2D eigenvalue weighted by Gasteiger charge is -2.34. The first-order chi connectivity index (χ1) is 23.1. The van der Waals surface area contributed by atoms with Crippen molar-refractivity contribution in [2.24, 2.45) is 5.92 Å². The molecule has 0 aliphatic heterocycles. The highest BCUT2D eigenvalue weighted by molar-refractivity contribution is 6.10. The van der Waals surface area contributed by atoms with E-state index in [0.717, 1.165) is 11.4 Å². The van der Waals surface area contributed by atoms with Crippen molar-refractivity contribution in [1.29, 1.82) is 0 Å². The number of fused-ring (bicyclic) bond motifs is 6. The van der Waals surface area contributed by atoms with Crippen LogP contribution in [0.25, 0.3) is 38.6 Å². The Bertz CT molecular complexity index is 2320. The van der Waals surface area contributed by atoms with Crippen LogP contribution in [0.1, 0.15) is 30.9 Å². The minimum Gasteiger partial charge on any atom is -0.311 e. The second-order valence-corrected chi connectivity index (χ2v) is 13.4. The van der Waals surface area contributed by atoms with Crippen molar-refractivity contribution in [2.45, 2.75) is 25.2 Å². The maximum Gasteiger partial charge on any atom is 0.0541 e. The van der Waals surface area contributed by atoms with Gasteiger partial charge in [0.15, 0.2) is 0 Å². The van der Waals surface area contributed by atoms with E-state index in [0.29, 0.717) is 11.8 Å². The van der Waals surface area contributed by atoms with Gasteiger partial charge in [-0.3, -0.25) is 0 Å². The first-order valence-electron chi connectivity index (χ1n) is 16.6. The van der Waals surface area contributed by atoms with Crippen molar-refractivity contribution >= 4 is 33.2 Å². The van der Waals surface area contributed by atoms with Crippen molar-refractivity contribution in [3.05, 3.63) is 187 Å². The van der Waals surface area contributed by atoms with Crippen LogP contribution in [0.3, 0.4) is 0 Å². The molecule has 1 aromatic heterocycles. The van der Waals surface area contributed by atoms with Crippen molar-refractivity contribution in [3.63, 3.8) is 0 Å². The Morgan fingerprint density at radius 3 is 2.02 bits per heavy atom. The summed E-state index contributed by atoms with van der Waals surface area (Å²) in [4.78, 5) is 2.41. The minimum atomic E-state index is 0.0613. The van der Waals surface area contributed by atoms with Gasteiger partial charge in [-0.05, 0) is 94.3 Å². The Morgan fingerprint density at radius 1 is 0.574 bits per heavy atom. The van der Waals surface area contributed by atoms with Crippen LogP contribution in [0, 0.1) is 5.92 Å². The summed E-state index contributed by atoms with van der Waals surface area (Å²) in [5.41, 5.74) is 12.6. The molecule has 47 heavy (non-hydrogen) atoms. The maximum atomic E-state index is 2.52. The molecule has 0 saturated carbocycles. The normalized spacial score (nSPS) is 17.8. The highest BCUT2D eigenvalue weighted by Crippen LogP contribution is 2.54. The van der Waals surface area contributed by atoms with Gasteiger partial charge in [0.1, 0.15) is 0 Å². The lowest BCUT2D eigenvalue weighted by Crippen LogP contribution is -2.28. The van der Waals surface area contributed by atoms with Crippen LogP contribution in [-0.2, 0) is 5.41 Å². The molecule has 226 valence electrons. The van der Waals surface area contributed by atoms with Crippen LogP contribution < -0.4 is 4.90 Å². The fraction of sp³-hybridized carbons (Fsp3) is 0.111. The first kappa shape index (κ1) is 27.7. The number of hydrogen-bond acceptors (Lipinski definition) is 1. The zero-order valence-electron chi connectivity index (χ0n) is 26.7. The molecular weight excluding hydrogens is 569 g/mol. The molecule has 2 nitrogen and oxygen atoms in total. The largest absolute Gasteiger partial charge is 0.311 e. The average molecular weight is 605 g/mol. The molecule has 1 heterocycles. The molecule has 0 saturated heterocycles. The Labute approximate surface area is 276 Å². The molecule has 0 bridgehead atoms. The van der Waals surface area contributed by atoms with Crippen LogP contribution in [0.5, 0.6) is 0 Å². The fourth-order valence-electron chi connectivity index (χ4n) is 8.16. The second-order valence-electron chi connectivity index (χ2n) is 13.4. The van der Waals surface area contributed by atoms with Gasteiger partial charge >= 0.3 is 0 Å². The van der Waals surface area contributed by atoms with Gasteiger partial charge in [0.25, 0.3) is 0 Å². The summed E-state index contributed by atoms with van der Waals surface area (Å²) in [5, 5.41) is 2.54. The van der Waals surface area contributed by atoms with Crippen LogP contribution in [0.2, 0.25) is 0 Å². The van der Waals surface area contributed by atoms with Gasteiger partial charge in [0.2, 0.25) is 0 Å². The molecule has 9 rings (SSSR count). The number of rotatable bonds is 5. The topological polar surface area (TPSA) is 8.17 Å². The van der Waals surface area contributed by atoms with Crippen molar-refractivity contribution in [2.75, 3.05) is 4.90 Å². The number of hydrogen-bond donors (Lipinski definition) is 0. The summed E-state index contributed by atoms with van der Waals surface area (Å²) in [6.45, 7) is 4.80. The molecular formula is C45H36N2. The molecule has 0 amide bonds. The van der Waals surface area contributed by atoms with E-state index in [1.165, 1.54) is 55.4 Å². The summed E-state index contributed by atoms with van der Waals surface area (Å²) in [6, 6.07) is 55.1. The SMILES string of the molecule is CC1(C)c2ccccc2C2C=CC(N(c3ccccc3)c3ccc(-c4ccc5c(c4)c4ccccc4n5-c4ccccc4)cc3)=CC21. The minimum absolute atomic E-state index is 0.0613. The van der Waals surface area contributed by atoms with Gasteiger partial charge in [-0.2, -0.15) is 0 Å². The molecule has 2 heteroatoms. The molecule has 2 aliphatic carbocycles. The Morgan fingerprint density at radius 2 is 1.21 bits per heavy atom. The third kappa shape index (κ3) is 4.40. The van der Waals surface area contributed by atoms with Crippen LogP contribution in [0.4, 0.5) is 11.4 Å². The lowest BCUT2D eigenvalue weighted by atomic mass is 9.74. The van der Waals surface area contributed by atoms with Gasteiger partial charge in [-0.25, -0.2) is 0 Å². The van der Waals surface area contributed by atoms with Gasteiger partial charge in [-0.15, -0.1) is 0 Å². The van der Waals surface area contributed by atoms with Gasteiger partial charge in [0.05, 0.1) is 11.0 Å². The van der Waals surface area contributed by atoms with Crippen LogP contribution >= 0.6 is 0 Å². The number of anilines is 2.